The van der Waals surface area contributed by atoms with Crippen LogP contribution in [-0.4, -0.2) is 24.0 Å². The maximum absolute atomic E-state index is 11.9. The first-order valence-corrected chi connectivity index (χ1v) is 6.10. The number of esters is 1. The Bertz CT molecular complexity index is 582. The highest BCUT2D eigenvalue weighted by molar-refractivity contribution is 5.91. The van der Waals surface area contributed by atoms with E-state index < -0.39 is 23.4 Å². The number of hydrogen-bond donors (Lipinski definition) is 1. The molecule has 1 aromatic carbocycles. The molecule has 0 aliphatic carbocycles. The molecule has 0 saturated carbocycles. The van der Waals surface area contributed by atoms with E-state index in [1.54, 1.807) is 31.2 Å². The van der Waals surface area contributed by atoms with Crippen molar-refractivity contribution in [3.8, 4) is 5.75 Å². The van der Waals surface area contributed by atoms with E-state index in [1.807, 2.05) is 0 Å². The molecule has 1 aliphatic heterocycles. The zero-order valence-electron chi connectivity index (χ0n) is 10.9. The lowest BCUT2D eigenvalue weighted by Gasteiger charge is -2.25. The van der Waals surface area contributed by atoms with Crippen molar-refractivity contribution in [2.75, 3.05) is 13.2 Å². The summed E-state index contributed by atoms with van der Waals surface area (Å²) in [4.78, 5) is 22.3. The molecule has 0 aromatic heterocycles. The fraction of sp³-hybridized carbons (Fsp3) is 0.308. The summed E-state index contributed by atoms with van der Waals surface area (Å²) < 4.78 is 10.3. The van der Waals surface area contributed by atoms with Crippen molar-refractivity contribution in [3.05, 3.63) is 51.4 Å². The van der Waals surface area contributed by atoms with E-state index >= 15 is 0 Å². The third-order valence-corrected chi connectivity index (χ3v) is 2.96. The van der Waals surface area contributed by atoms with Crippen LogP contribution in [0.25, 0.3) is 0 Å². The Morgan fingerprint density at radius 1 is 1.50 bits per heavy atom. The molecule has 1 heterocycles. The number of fused-ring (bicyclic) bond motifs is 1. The fourth-order valence-electron chi connectivity index (χ4n) is 2.15. The number of para-hydroxylation sites is 1. The molecule has 7 nitrogen and oxygen atoms in total. The molecule has 2 rings (SSSR count). The third-order valence-electron chi connectivity index (χ3n) is 2.96. The number of carbonyl (C=O) groups excluding carboxylic acids is 1. The summed E-state index contributed by atoms with van der Waals surface area (Å²) in [6.45, 7) is 1.35. The number of rotatable bonds is 4. The van der Waals surface area contributed by atoms with E-state index in [4.69, 9.17) is 15.2 Å². The van der Waals surface area contributed by atoms with Crippen LogP contribution in [0.4, 0.5) is 0 Å². The van der Waals surface area contributed by atoms with Gasteiger partial charge in [-0.2, -0.15) is 0 Å². The molecule has 0 radical (unpaired) electrons. The first-order valence-electron chi connectivity index (χ1n) is 6.10. The monoisotopic (exact) mass is 278 g/mol. The minimum atomic E-state index is -0.769. The molecule has 0 bridgehead atoms. The van der Waals surface area contributed by atoms with E-state index in [1.165, 1.54) is 0 Å². The maximum atomic E-state index is 11.9. The Balaban J connectivity index is 2.47. The van der Waals surface area contributed by atoms with Crippen LogP contribution in [0.1, 0.15) is 18.4 Å². The predicted molar refractivity (Wildman–Crippen MR) is 69.5 cm³/mol. The van der Waals surface area contributed by atoms with Crippen LogP contribution < -0.4 is 10.5 Å². The number of nitrogens with two attached hydrogens (primary N) is 1. The molecular formula is C13H14N2O5. The van der Waals surface area contributed by atoms with Gasteiger partial charge in [0.2, 0.25) is 12.4 Å². The smallest absolute Gasteiger partial charge is 0.340 e. The highest BCUT2D eigenvalue weighted by Crippen LogP contribution is 2.38. The van der Waals surface area contributed by atoms with Gasteiger partial charge in [-0.1, -0.05) is 18.2 Å². The quantitative estimate of drug-likeness (QED) is 0.503. The van der Waals surface area contributed by atoms with Crippen LogP contribution in [0.3, 0.4) is 0 Å². The van der Waals surface area contributed by atoms with Crippen molar-refractivity contribution in [1.29, 1.82) is 0 Å². The molecule has 1 aliphatic rings. The predicted octanol–water partition coefficient (Wildman–Crippen LogP) is 1.17. The SMILES string of the molecule is CCOC(=O)C1=C(N)Oc2ccccc2C1C[N+](=O)[O-]. The van der Waals surface area contributed by atoms with Crippen molar-refractivity contribution in [2.45, 2.75) is 12.8 Å². The second-order valence-electron chi connectivity index (χ2n) is 4.21. The highest BCUT2D eigenvalue weighted by atomic mass is 16.6. The molecule has 7 heteroatoms. The summed E-state index contributed by atoms with van der Waals surface area (Å²) in [6, 6.07) is 6.77. The van der Waals surface area contributed by atoms with Crippen molar-refractivity contribution in [3.63, 3.8) is 0 Å². The van der Waals surface area contributed by atoms with E-state index in [9.17, 15) is 14.9 Å². The van der Waals surface area contributed by atoms with Crippen molar-refractivity contribution < 1.29 is 19.2 Å². The third kappa shape index (κ3) is 2.56. The summed E-state index contributed by atoms with van der Waals surface area (Å²) in [6.07, 6.45) is 0. The van der Waals surface area contributed by atoms with E-state index in [-0.39, 0.29) is 18.1 Å². The number of hydrogen-bond acceptors (Lipinski definition) is 6. The molecule has 0 saturated heterocycles. The van der Waals surface area contributed by atoms with Gasteiger partial charge in [0.05, 0.1) is 12.5 Å². The van der Waals surface area contributed by atoms with Gasteiger partial charge in [-0.25, -0.2) is 4.79 Å². The van der Waals surface area contributed by atoms with Gasteiger partial charge in [-0.3, -0.25) is 10.1 Å². The number of ether oxygens (including phenoxy) is 2. The van der Waals surface area contributed by atoms with Gasteiger partial charge in [-0.05, 0) is 13.0 Å². The fourth-order valence-corrected chi connectivity index (χ4v) is 2.15. The Kier molecular flexibility index (Phi) is 3.88. The number of nitro groups is 1. The van der Waals surface area contributed by atoms with Crippen LogP contribution in [-0.2, 0) is 9.53 Å². The van der Waals surface area contributed by atoms with Crippen LogP contribution >= 0.6 is 0 Å². The Morgan fingerprint density at radius 2 is 2.20 bits per heavy atom. The van der Waals surface area contributed by atoms with Crippen LogP contribution in [0.2, 0.25) is 0 Å². The minimum absolute atomic E-state index is 0.00208. The molecule has 1 atom stereocenters. The number of carbonyl (C=O) groups is 1. The number of nitrogens with zero attached hydrogens (tertiary/aromatic N) is 1. The number of benzene rings is 1. The first-order chi connectivity index (χ1) is 9.54. The molecule has 1 unspecified atom stereocenters. The second kappa shape index (κ2) is 5.60. The Morgan fingerprint density at radius 3 is 2.85 bits per heavy atom. The summed E-state index contributed by atoms with van der Waals surface area (Å²) in [5.41, 5.74) is 6.28. The molecule has 0 amide bonds. The zero-order valence-corrected chi connectivity index (χ0v) is 10.9. The molecule has 106 valence electrons. The molecular weight excluding hydrogens is 264 g/mol. The lowest BCUT2D eigenvalue weighted by Crippen LogP contribution is -2.30. The van der Waals surface area contributed by atoms with Gasteiger partial charge in [-0.15, -0.1) is 0 Å². The average Bonchev–Trinajstić information content (AvgIpc) is 2.38. The highest BCUT2D eigenvalue weighted by Gasteiger charge is 2.37. The maximum Gasteiger partial charge on any atom is 0.340 e. The zero-order chi connectivity index (χ0) is 14.7. The first kappa shape index (κ1) is 13.9. The molecule has 0 spiro atoms. The van der Waals surface area contributed by atoms with Crippen LogP contribution in [0.5, 0.6) is 5.75 Å². The summed E-state index contributed by atoms with van der Waals surface area (Å²) in [5.74, 6) is -1.18. The summed E-state index contributed by atoms with van der Waals surface area (Å²) in [5, 5.41) is 10.9. The molecule has 1 aromatic rings. The molecule has 0 fully saturated rings. The normalized spacial score (nSPS) is 17.1. The molecule has 20 heavy (non-hydrogen) atoms. The summed E-state index contributed by atoms with van der Waals surface area (Å²) >= 11 is 0. The van der Waals surface area contributed by atoms with Crippen molar-refractivity contribution >= 4 is 5.97 Å². The minimum Gasteiger partial charge on any atom is -0.462 e. The average molecular weight is 278 g/mol. The van der Waals surface area contributed by atoms with Crippen LogP contribution in [0, 0.1) is 10.1 Å². The van der Waals surface area contributed by atoms with E-state index in [0.29, 0.717) is 11.3 Å². The van der Waals surface area contributed by atoms with Gasteiger partial charge >= 0.3 is 5.97 Å². The van der Waals surface area contributed by atoms with Crippen LogP contribution in [0.15, 0.2) is 35.7 Å². The summed E-state index contributed by atoms with van der Waals surface area (Å²) in [7, 11) is 0. The van der Waals surface area contributed by atoms with E-state index in [2.05, 4.69) is 0 Å². The topological polar surface area (TPSA) is 105 Å². The lowest BCUT2D eigenvalue weighted by atomic mass is 9.89. The standard InChI is InChI=1S/C13H14N2O5/c1-2-19-13(16)11-9(7-15(17)18)8-5-3-4-6-10(8)20-12(11)14/h3-6,9H,2,7,14H2,1H3. The van der Waals surface area contributed by atoms with Crippen molar-refractivity contribution in [1.82, 2.24) is 0 Å². The lowest BCUT2D eigenvalue weighted by molar-refractivity contribution is -0.482. The van der Waals surface area contributed by atoms with Gasteiger partial charge < -0.3 is 15.2 Å². The second-order valence-corrected chi connectivity index (χ2v) is 4.21. The van der Waals surface area contributed by atoms with Gasteiger partial charge in [0, 0.05) is 10.5 Å². The van der Waals surface area contributed by atoms with Gasteiger partial charge in [0.1, 0.15) is 11.3 Å². The largest absolute Gasteiger partial charge is 0.462 e. The molecule has 2 N–H and O–H groups in total. The van der Waals surface area contributed by atoms with Gasteiger partial charge in [0.25, 0.3) is 0 Å². The van der Waals surface area contributed by atoms with E-state index in [0.717, 1.165) is 0 Å². The Hall–Kier alpha value is -2.57. The Labute approximate surface area is 115 Å². The van der Waals surface area contributed by atoms with Crippen molar-refractivity contribution in [2.24, 2.45) is 5.73 Å². The van der Waals surface area contributed by atoms with Gasteiger partial charge in [0.15, 0.2) is 0 Å².